The van der Waals surface area contributed by atoms with Crippen LogP contribution in [0.15, 0.2) is 131 Å². The Morgan fingerprint density at radius 2 is 1.03 bits per heavy atom. The first kappa shape index (κ1) is 21.5. The summed E-state index contributed by atoms with van der Waals surface area (Å²) in [4.78, 5) is 10.1. The fraction of sp³-hybridized carbons (Fsp3) is 0.0588. The van der Waals surface area contributed by atoms with Crippen molar-refractivity contribution in [2.45, 2.75) is 13.1 Å². The van der Waals surface area contributed by atoms with Crippen LogP contribution in [0.4, 0.5) is 0 Å². The molecule has 0 aromatic heterocycles. The summed E-state index contributed by atoms with van der Waals surface area (Å²) in [5, 5.41) is 11.1. The summed E-state index contributed by atoms with van der Waals surface area (Å²) in [6.45, 7) is 2.16. The Bertz CT molecular complexity index is 1850. The molecule has 1 unspecified atom stereocenters. The van der Waals surface area contributed by atoms with Gasteiger partial charge < -0.3 is 5.32 Å². The third-order valence-electron chi connectivity index (χ3n) is 7.15. The molecule has 37 heavy (non-hydrogen) atoms. The maximum atomic E-state index is 5.08. The van der Waals surface area contributed by atoms with E-state index in [-0.39, 0.29) is 6.17 Å². The highest BCUT2D eigenvalue weighted by Gasteiger charge is 2.21. The lowest BCUT2D eigenvalue weighted by Gasteiger charge is -2.22. The van der Waals surface area contributed by atoms with Crippen LogP contribution in [0.5, 0.6) is 0 Å². The topological polar surface area (TPSA) is 36.8 Å². The monoisotopic (exact) mass is 475 g/mol. The molecule has 0 saturated heterocycles. The summed E-state index contributed by atoms with van der Waals surface area (Å²) in [6, 6.07) is 42.7. The lowest BCUT2D eigenvalue weighted by Crippen LogP contribution is -2.36. The van der Waals surface area contributed by atoms with E-state index in [0.29, 0.717) is 0 Å². The van der Waals surface area contributed by atoms with Gasteiger partial charge in [-0.3, -0.25) is 0 Å². The Hall–Kier alpha value is -4.76. The number of fused-ring (bicyclic) bond motifs is 6. The van der Waals surface area contributed by atoms with Crippen LogP contribution in [-0.2, 0) is 0 Å². The molecule has 0 amide bonds. The molecule has 6 aromatic carbocycles. The predicted molar refractivity (Wildman–Crippen MR) is 156 cm³/mol. The van der Waals surface area contributed by atoms with E-state index in [2.05, 4.69) is 97.2 Å². The fourth-order valence-corrected chi connectivity index (χ4v) is 5.33. The Kier molecular flexibility index (Phi) is 5.07. The molecule has 7 rings (SSSR count). The Balaban J connectivity index is 1.43. The normalized spacial score (nSPS) is 15.4. The van der Waals surface area contributed by atoms with Gasteiger partial charge in [0.25, 0.3) is 0 Å². The van der Waals surface area contributed by atoms with Crippen LogP contribution in [-0.4, -0.2) is 11.7 Å². The van der Waals surface area contributed by atoms with Crippen molar-refractivity contribution in [3.63, 3.8) is 0 Å². The average molecular weight is 476 g/mol. The minimum Gasteiger partial charge on any atom is -0.324 e. The van der Waals surface area contributed by atoms with E-state index in [4.69, 9.17) is 9.98 Å². The molecule has 6 aromatic rings. The smallest absolute Gasteiger partial charge is 0.169 e. The molecule has 0 saturated carbocycles. The summed E-state index contributed by atoms with van der Waals surface area (Å²) in [7, 11) is 0. The third-order valence-corrected chi connectivity index (χ3v) is 7.15. The largest absolute Gasteiger partial charge is 0.324 e. The van der Waals surface area contributed by atoms with E-state index in [9.17, 15) is 0 Å². The summed E-state index contributed by atoms with van der Waals surface area (Å²) < 4.78 is 0. The number of hydrogen-bond donors (Lipinski definition) is 1. The van der Waals surface area contributed by atoms with Crippen LogP contribution in [0.1, 0.15) is 28.4 Å². The Morgan fingerprint density at radius 3 is 1.78 bits per heavy atom. The zero-order valence-electron chi connectivity index (χ0n) is 20.5. The molecule has 1 N–H and O–H groups in total. The quantitative estimate of drug-likeness (QED) is 0.259. The van der Waals surface area contributed by atoms with Gasteiger partial charge in [0.15, 0.2) is 6.17 Å². The Labute approximate surface area is 215 Å². The standard InChI is InChI=1S/C34H25N3/c1-22-16-18-28-26-14-8-9-15-27(26)31-21-25(17-19-29(31)30(28)20-22)34-36-32(23-10-4-2-5-11-23)35-33(37-34)24-12-6-3-7-13-24/h2-21,32H,1H3,(H,35,36,37). The maximum Gasteiger partial charge on any atom is 0.169 e. The average Bonchev–Trinajstić information content (AvgIpc) is 2.97. The summed E-state index contributed by atoms with van der Waals surface area (Å²) in [5.74, 6) is 1.66. The number of rotatable bonds is 3. The molecule has 1 aliphatic heterocycles. The van der Waals surface area contributed by atoms with E-state index in [1.54, 1.807) is 0 Å². The van der Waals surface area contributed by atoms with Crippen LogP contribution in [0.2, 0.25) is 0 Å². The molecular formula is C34H25N3. The van der Waals surface area contributed by atoms with Crippen molar-refractivity contribution in [2.75, 3.05) is 0 Å². The van der Waals surface area contributed by atoms with Gasteiger partial charge in [0.1, 0.15) is 11.7 Å². The van der Waals surface area contributed by atoms with Crippen molar-refractivity contribution in [3.05, 3.63) is 144 Å². The van der Waals surface area contributed by atoms with Gasteiger partial charge in [0.05, 0.1) is 0 Å². The highest BCUT2D eigenvalue weighted by atomic mass is 15.2. The van der Waals surface area contributed by atoms with Gasteiger partial charge in [0, 0.05) is 11.1 Å². The highest BCUT2D eigenvalue weighted by molar-refractivity contribution is 6.26. The number of aliphatic imine (C=N–C) groups is 2. The number of nitrogens with zero attached hydrogens (tertiary/aromatic N) is 2. The number of hydrogen-bond acceptors (Lipinski definition) is 3. The second-order valence-corrected chi connectivity index (χ2v) is 9.59. The van der Waals surface area contributed by atoms with Crippen molar-refractivity contribution in [2.24, 2.45) is 9.98 Å². The summed E-state index contributed by atoms with van der Waals surface area (Å²) in [6.07, 6.45) is -0.306. The van der Waals surface area contributed by atoms with Gasteiger partial charge in [-0.05, 0) is 50.9 Å². The number of amidine groups is 2. The van der Waals surface area contributed by atoms with E-state index >= 15 is 0 Å². The summed E-state index contributed by atoms with van der Waals surface area (Å²) in [5.41, 5.74) is 4.43. The molecule has 1 atom stereocenters. The lowest BCUT2D eigenvalue weighted by molar-refractivity contribution is 0.756. The second-order valence-electron chi connectivity index (χ2n) is 9.59. The lowest BCUT2D eigenvalue weighted by atomic mass is 9.92. The van der Waals surface area contributed by atoms with E-state index in [0.717, 1.165) is 28.4 Å². The van der Waals surface area contributed by atoms with Crippen LogP contribution in [0.3, 0.4) is 0 Å². The second kappa shape index (κ2) is 8.72. The molecule has 0 fully saturated rings. The van der Waals surface area contributed by atoms with Gasteiger partial charge in [0.2, 0.25) is 0 Å². The molecule has 0 aliphatic carbocycles. The van der Waals surface area contributed by atoms with E-state index in [1.807, 2.05) is 36.4 Å². The fourth-order valence-electron chi connectivity index (χ4n) is 5.33. The van der Waals surface area contributed by atoms with Gasteiger partial charge in [-0.25, -0.2) is 9.98 Å². The summed E-state index contributed by atoms with van der Waals surface area (Å²) >= 11 is 0. The molecule has 3 nitrogen and oxygen atoms in total. The molecule has 0 spiro atoms. The first-order valence-electron chi connectivity index (χ1n) is 12.6. The number of aryl methyl sites for hydroxylation is 1. The SMILES string of the molecule is Cc1ccc2c3ccccc3c3cc(C4=NC(c5ccccc5)N=C(c5ccccc5)N4)ccc3c2c1. The highest BCUT2D eigenvalue weighted by Crippen LogP contribution is 2.36. The van der Waals surface area contributed by atoms with Crippen molar-refractivity contribution in [3.8, 4) is 0 Å². The van der Waals surface area contributed by atoms with Crippen LogP contribution >= 0.6 is 0 Å². The Morgan fingerprint density at radius 1 is 0.486 bits per heavy atom. The van der Waals surface area contributed by atoms with Crippen LogP contribution < -0.4 is 5.32 Å². The van der Waals surface area contributed by atoms with Gasteiger partial charge >= 0.3 is 0 Å². The molecular weight excluding hydrogens is 450 g/mol. The van der Waals surface area contributed by atoms with Crippen molar-refractivity contribution in [1.82, 2.24) is 5.32 Å². The van der Waals surface area contributed by atoms with Crippen LogP contribution in [0, 0.1) is 6.92 Å². The third kappa shape index (κ3) is 3.76. The zero-order chi connectivity index (χ0) is 24.8. The zero-order valence-corrected chi connectivity index (χ0v) is 20.5. The van der Waals surface area contributed by atoms with Crippen molar-refractivity contribution < 1.29 is 0 Å². The first-order valence-corrected chi connectivity index (χ1v) is 12.6. The maximum absolute atomic E-state index is 5.08. The van der Waals surface area contributed by atoms with Crippen LogP contribution in [0.25, 0.3) is 32.3 Å². The molecule has 176 valence electrons. The van der Waals surface area contributed by atoms with Crippen molar-refractivity contribution in [1.29, 1.82) is 0 Å². The molecule has 0 bridgehead atoms. The van der Waals surface area contributed by atoms with Gasteiger partial charge in [-0.2, -0.15) is 0 Å². The van der Waals surface area contributed by atoms with E-state index in [1.165, 1.54) is 37.9 Å². The molecule has 3 heteroatoms. The minimum atomic E-state index is -0.306. The molecule has 1 heterocycles. The first-order chi connectivity index (χ1) is 18.2. The predicted octanol–water partition coefficient (Wildman–Crippen LogP) is 7.95. The molecule has 0 radical (unpaired) electrons. The van der Waals surface area contributed by atoms with Gasteiger partial charge in [-0.15, -0.1) is 0 Å². The van der Waals surface area contributed by atoms with E-state index < -0.39 is 0 Å². The minimum absolute atomic E-state index is 0.306. The number of benzene rings is 6. The number of nitrogens with one attached hydrogen (secondary N) is 1. The van der Waals surface area contributed by atoms with Crippen molar-refractivity contribution >= 4 is 44.0 Å². The van der Waals surface area contributed by atoms with Gasteiger partial charge in [-0.1, -0.05) is 121 Å². The molecule has 1 aliphatic rings.